The van der Waals surface area contributed by atoms with E-state index in [1.54, 1.807) is 0 Å². The first-order chi connectivity index (χ1) is 9.30. The lowest BCUT2D eigenvalue weighted by molar-refractivity contribution is 0.106. The van der Waals surface area contributed by atoms with Gasteiger partial charge in [-0.1, -0.05) is 26.7 Å². The molecule has 1 aliphatic rings. The van der Waals surface area contributed by atoms with Gasteiger partial charge in [-0.05, 0) is 25.9 Å². The zero-order chi connectivity index (χ0) is 13.9. The van der Waals surface area contributed by atoms with Gasteiger partial charge >= 0.3 is 7.32 Å². The average molecular weight is 273 g/mol. The van der Waals surface area contributed by atoms with Crippen LogP contribution in [0, 0.1) is 0 Å². The van der Waals surface area contributed by atoms with Crippen molar-refractivity contribution in [1.82, 2.24) is 4.90 Å². The molecule has 19 heavy (non-hydrogen) atoms. The van der Waals surface area contributed by atoms with Gasteiger partial charge in [0.1, 0.15) is 0 Å². The minimum atomic E-state index is -0.601. The van der Waals surface area contributed by atoms with Crippen LogP contribution < -0.4 is 0 Å². The fourth-order valence-electron chi connectivity index (χ4n) is 1.98. The molecule has 0 aromatic rings. The molecule has 5 nitrogen and oxygen atoms in total. The van der Waals surface area contributed by atoms with E-state index < -0.39 is 7.32 Å². The second-order valence-electron chi connectivity index (χ2n) is 4.98. The number of aliphatic hydroxyl groups is 1. The highest BCUT2D eigenvalue weighted by atomic mass is 16.8. The SMILES string of the molecule is CCCCN(CCCC)CCOB1OCC(CO)O1. The van der Waals surface area contributed by atoms with Crippen LogP contribution in [-0.4, -0.2) is 62.9 Å². The molecule has 112 valence electrons. The molecule has 0 radical (unpaired) electrons. The summed E-state index contributed by atoms with van der Waals surface area (Å²) in [5.74, 6) is 0. The van der Waals surface area contributed by atoms with E-state index in [0.29, 0.717) is 13.2 Å². The summed E-state index contributed by atoms with van der Waals surface area (Å²) in [7, 11) is -0.601. The number of rotatable bonds is 11. The first-order valence-electron chi connectivity index (χ1n) is 7.52. The molecule has 0 aliphatic carbocycles. The van der Waals surface area contributed by atoms with Crippen LogP contribution in [0.3, 0.4) is 0 Å². The van der Waals surface area contributed by atoms with Gasteiger partial charge in [0, 0.05) is 13.2 Å². The van der Waals surface area contributed by atoms with E-state index >= 15 is 0 Å². The van der Waals surface area contributed by atoms with Gasteiger partial charge in [-0.25, -0.2) is 0 Å². The zero-order valence-corrected chi connectivity index (χ0v) is 12.3. The fourth-order valence-corrected chi connectivity index (χ4v) is 1.98. The molecule has 1 heterocycles. The molecule has 1 saturated heterocycles. The molecule has 0 spiro atoms. The third kappa shape index (κ3) is 7.27. The molecule has 1 fully saturated rings. The van der Waals surface area contributed by atoms with E-state index in [0.717, 1.165) is 19.6 Å². The van der Waals surface area contributed by atoms with Crippen molar-refractivity contribution in [3.05, 3.63) is 0 Å². The summed E-state index contributed by atoms with van der Waals surface area (Å²) in [6.07, 6.45) is 4.66. The van der Waals surface area contributed by atoms with Crippen molar-refractivity contribution < 1.29 is 19.1 Å². The van der Waals surface area contributed by atoms with Crippen LogP contribution in [0.25, 0.3) is 0 Å². The number of aliphatic hydroxyl groups excluding tert-OH is 1. The van der Waals surface area contributed by atoms with Gasteiger partial charge in [-0.3, -0.25) is 0 Å². The lowest BCUT2D eigenvalue weighted by Gasteiger charge is -2.22. The quantitative estimate of drug-likeness (QED) is 0.575. The Balaban J connectivity index is 2.12. The summed E-state index contributed by atoms with van der Waals surface area (Å²) < 4.78 is 16.1. The van der Waals surface area contributed by atoms with Crippen LogP contribution in [0.5, 0.6) is 0 Å². The summed E-state index contributed by atoms with van der Waals surface area (Å²) in [5.41, 5.74) is 0. The minimum absolute atomic E-state index is 0.0149. The highest BCUT2D eigenvalue weighted by molar-refractivity contribution is 6.37. The first kappa shape index (κ1) is 16.9. The third-order valence-electron chi connectivity index (χ3n) is 3.24. The van der Waals surface area contributed by atoms with Crippen LogP contribution in [0.2, 0.25) is 0 Å². The molecular formula is C13H28BNO4. The first-order valence-corrected chi connectivity index (χ1v) is 7.52. The van der Waals surface area contributed by atoms with E-state index in [-0.39, 0.29) is 12.7 Å². The fraction of sp³-hybridized carbons (Fsp3) is 1.00. The van der Waals surface area contributed by atoms with Crippen LogP contribution in [0.4, 0.5) is 0 Å². The summed E-state index contributed by atoms with van der Waals surface area (Å²) >= 11 is 0. The van der Waals surface area contributed by atoms with Gasteiger partial charge in [0.15, 0.2) is 0 Å². The second-order valence-corrected chi connectivity index (χ2v) is 4.98. The van der Waals surface area contributed by atoms with Crippen molar-refractivity contribution in [2.75, 3.05) is 39.5 Å². The van der Waals surface area contributed by atoms with Crippen molar-refractivity contribution in [1.29, 1.82) is 0 Å². The van der Waals surface area contributed by atoms with Crippen molar-refractivity contribution in [3.63, 3.8) is 0 Å². The zero-order valence-electron chi connectivity index (χ0n) is 12.3. The molecule has 0 aromatic heterocycles. The molecule has 1 rings (SSSR count). The normalized spacial score (nSPS) is 19.6. The number of hydrogen-bond acceptors (Lipinski definition) is 5. The van der Waals surface area contributed by atoms with E-state index in [2.05, 4.69) is 18.7 Å². The highest BCUT2D eigenvalue weighted by Gasteiger charge is 2.33. The molecule has 0 amide bonds. The van der Waals surface area contributed by atoms with Gasteiger partial charge in [0.05, 0.1) is 19.3 Å². The van der Waals surface area contributed by atoms with E-state index in [1.165, 1.54) is 25.7 Å². The number of nitrogens with zero attached hydrogens (tertiary/aromatic N) is 1. The second kappa shape index (κ2) is 10.6. The van der Waals surface area contributed by atoms with Crippen LogP contribution in [0.15, 0.2) is 0 Å². The molecule has 0 aromatic carbocycles. The number of unbranched alkanes of at least 4 members (excludes halogenated alkanes) is 2. The van der Waals surface area contributed by atoms with Crippen molar-refractivity contribution in [2.45, 2.75) is 45.6 Å². The Labute approximate surface area is 117 Å². The maximum absolute atomic E-state index is 8.92. The Morgan fingerprint density at radius 3 is 2.42 bits per heavy atom. The maximum Gasteiger partial charge on any atom is 0.639 e. The Hall–Kier alpha value is -0.135. The Morgan fingerprint density at radius 1 is 1.21 bits per heavy atom. The third-order valence-corrected chi connectivity index (χ3v) is 3.24. The Morgan fingerprint density at radius 2 is 1.89 bits per heavy atom. The molecular weight excluding hydrogens is 245 g/mol. The lowest BCUT2D eigenvalue weighted by Crippen LogP contribution is -2.32. The highest BCUT2D eigenvalue weighted by Crippen LogP contribution is 2.08. The largest absolute Gasteiger partial charge is 0.639 e. The molecule has 6 heteroatoms. The molecule has 1 unspecified atom stereocenters. The van der Waals surface area contributed by atoms with E-state index in [4.69, 9.17) is 19.1 Å². The van der Waals surface area contributed by atoms with Gasteiger partial charge in [0.2, 0.25) is 0 Å². The molecule has 1 N–H and O–H groups in total. The predicted octanol–water partition coefficient (Wildman–Crippen LogP) is 1.30. The Kier molecular flexibility index (Phi) is 9.46. The molecule has 0 bridgehead atoms. The maximum atomic E-state index is 8.92. The minimum Gasteiger partial charge on any atom is -0.394 e. The van der Waals surface area contributed by atoms with E-state index in [9.17, 15) is 0 Å². The smallest absolute Gasteiger partial charge is 0.394 e. The van der Waals surface area contributed by atoms with Crippen molar-refractivity contribution >= 4 is 7.32 Å². The average Bonchev–Trinajstić information content (AvgIpc) is 2.89. The number of hydrogen-bond donors (Lipinski definition) is 1. The summed E-state index contributed by atoms with van der Waals surface area (Å²) in [6, 6.07) is 0. The predicted molar refractivity (Wildman–Crippen MR) is 75.9 cm³/mol. The Bertz CT molecular complexity index is 213. The van der Waals surface area contributed by atoms with Crippen LogP contribution >= 0.6 is 0 Å². The standard InChI is InChI=1S/C13H28BNO4/c1-3-5-7-15(8-6-4-2)9-10-17-14-18-12-13(11-16)19-14/h13,16H,3-12H2,1-2H3. The van der Waals surface area contributed by atoms with Gasteiger partial charge in [-0.15, -0.1) is 0 Å². The molecule has 0 saturated carbocycles. The molecule has 1 atom stereocenters. The summed E-state index contributed by atoms with van der Waals surface area (Å²) in [6.45, 7) is 8.60. The van der Waals surface area contributed by atoms with Crippen LogP contribution in [0.1, 0.15) is 39.5 Å². The van der Waals surface area contributed by atoms with Gasteiger partial charge < -0.3 is 24.0 Å². The van der Waals surface area contributed by atoms with Gasteiger partial charge in [0.25, 0.3) is 0 Å². The van der Waals surface area contributed by atoms with Crippen molar-refractivity contribution in [3.8, 4) is 0 Å². The topological polar surface area (TPSA) is 51.2 Å². The summed E-state index contributed by atoms with van der Waals surface area (Å²) in [5, 5.41) is 8.92. The van der Waals surface area contributed by atoms with Crippen molar-refractivity contribution in [2.24, 2.45) is 0 Å². The molecule has 1 aliphatic heterocycles. The summed E-state index contributed by atoms with van der Waals surface area (Å²) in [4.78, 5) is 2.44. The van der Waals surface area contributed by atoms with Gasteiger partial charge in [-0.2, -0.15) is 0 Å². The van der Waals surface area contributed by atoms with E-state index in [1.807, 2.05) is 0 Å². The van der Waals surface area contributed by atoms with Crippen LogP contribution in [-0.2, 0) is 14.0 Å². The monoisotopic (exact) mass is 273 g/mol. The lowest BCUT2D eigenvalue weighted by atomic mass is 10.2.